The Labute approximate surface area is 172 Å². The summed E-state index contributed by atoms with van der Waals surface area (Å²) in [5.74, 6) is 0.394. The lowest BCUT2D eigenvalue weighted by Crippen LogP contribution is -2.57. The Morgan fingerprint density at radius 2 is 1.63 bits per heavy atom. The molecule has 4 heterocycles. The number of hydrogen-bond donors (Lipinski definition) is 1. The van der Waals surface area contributed by atoms with Gasteiger partial charge in [-0.3, -0.25) is 4.98 Å². The molecular weight excluding hydrogens is 379 g/mol. The van der Waals surface area contributed by atoms with Gasteiger partial charge in [0, 0.05) is 23.7 Å². The highest BCUT2D eigenvalue weighted by Gasteiger charge is 2.46. The van der Waals surface area contributed by atoms with Crippen LogP contribution in [0.2, 0.25) is 0 Å². The van der Waals surface area contributed by atoms with Crippen LogP contribution >= 0.6 is 24.8 Å². The van der Waals surface area contributed by atoms with Crippen molar-refractivity contribution in [3.8, 4) is 11.1 Å². The molecule has 0 radical (unpaired) electrons. The average Bonchev–Trinajstić information content (AvgIpc) is 2.68. The molecule has 142 valence electrons. The molecular formula is C22H24Cl2N2O. The van der Waals surface area contributed by atoms with E-state index in [0.29, 0.717) is 5.92 Å². The Balaban J connectivity index is 0.00000105. The van der Waals surface area contributed by atoms with Crippen LogP contribution < -0.4 is 0 Å². The molecule has 5 heteroatoms. The number of rotatable bonds is 2. The maximum Gasteiger partial charge on any atom is 0.105 e. The Kier molecular flexibility index (Phi) is 5.78. The van der Waals surface area contributed by atoms with Crippen LogP contribution in [0.4, 0.5) is 0 Å². The summed E-state index contributed by atoms with van der Waals surface area (Å²) < 4.78 is 0. The van der Waals surface area contributed by atoms with Crippen molar-refractivity contribution in [3.63, 3.8) is 0 Å². The van der Waals surface area contributed by atoms with E-state index in [4.69, 9.17) is 0 Å². The van der Waals surface area contributed by atoms with Crippen molar-refractivity contribution in [3.05, 3.63) is 66.4 Å². The SMILES string of the molecule is Cl.Cl.OC1(c2ccc(-c3cnc4ccccc4c3)cc2)CN2CCC1CC2. The molecule has 3 fully saturated rings. The average molecular weight is 403 g/mol. The molecule has 3 aromatic rings. The normalized spacial score (nSPS) is 26.3. The fourth-order valence-corrected chi connectivity index (χ4v) is 4.55. The molecule has 1 unspecified atom stereocenters. The number of aliphatic hydroxyl groups is 1. The maximum absolute atomic E-state index is 11.3. The van der Waals surface area contributed by atoms with Crippen molar-refractivity contribution < 1.29 is 5.11 Å². The van der Waals surface area contributed by atoms with Crippen molar-refractivity contribution in [2.45, 2.75) is 18.4 Å². The highest BCUT2D eigenvalue weighted by molar-refractivity contribution is 5.85. The molecule has 2 aromatic carbocycles. The largest absolute Gasteiger partial charge is 0.384 e. The first-order valence-electron chi connectivity index (χ1n) is 9.13. The van der Waals surface area contributed by atoms with Gasteiger partial charge in [-0.05, 0) is 55.1 Å². The third kappa shape index (κ3) is 3.45. The lowest BCUT2D eigenvalue weighted by Gasteiger charge is -2.50. The van der Waals surface area contributed by atoms with Gasteiger partial charge in [-0.2, -0.15) is 0 Å². The minimum atomic E-state index is -0.684. The molecule has 1 N–H and O–H groups in total. The van der Waals surface area contributed by atoms with Crippen molar-refractivity contribution in [1.82, 2.24) is 9.88 Å². The second-order valence-corrected chi connectivity index (χ2v) is 7.47. The van der Waals surface area contributed by atoms with Gasteiger partial charge in [0.15, 0.2) is 0 Å². The topological polar surface area (TPSA) is 36.4 Å². The third-order valence-corrected chi connectivity index (χ3v) is 6.04. The van der Waals surface area contributed by atoms with Crippen LogP contribution in [0.15, 0.2) is 60.8 Å². The Morgan fingerprint density at radius 3 is 2.30 bits per heavy atom. The van der Waals surface area contributed by atoms with Gasteiger partial charge >= 0.3 is 0 Å². The van der Waals surface area contributed by atoms with E-state index in [2.05, 4.69) is 46.3 Å². The fraction of sp³-hybridized carbons (Fsp3) is 0.318. The first-order valence-corrected chi connectivity index (χ1v) is 9.13. The minimum Gasteiger partial charge on any atom is -0.384 e. The van der Waals surface area contributed by atoms with Crippen LogP contribution in [0.1, 0.15) is 18.4 Å². The van der Waals surface area contributed by atoms with E-state index >= 15 is 0 Å². The van der Waals surface area contributed by atoms with E-state index in [1.165, 1.54) is 0 Å². The summed E-state index contributed by atoms with van der Waals surface area (Å²) in [6.45, 7) is 3.04. The van der Waals surface area contributed by atoms with Crippen molar-refractivity contribution in [2.75, 3.05) is 19.6 Å². The molecule has 2 bridgehead atoms. The van der Waals surface area contributed by atoms with Gasteiger partial charge in [-0.15, -0.1) is 24.8 Å². The van der Waals surface area contributed by atoms with E-state index in [1.807, 2.05) is 24.4 Å². The van der Waals surface area contributed by atoms with Crippen LogP contribution in [0.25, 0.3) is 22.0 Å². The van der Waals surface area contributed by atoms with Crippen LogP contribution in [0, 0.1) is 5.92 Å². The molecule has 3 aliphatic rings. The van der Waals surface area contributed by atoms with E-state index in [0.717, 1.165) is 60.1 Å². The lowest BCUT2D eigenvalue weighted by molar-refractivity contribution is -0.117. The number of benzene rings is 2. The second kappa shape index (κ2) is 7.76. The van der Waals surface area contributed by atoms with Crippen LogP contribution in [0.3, 0.4) is 0 Å². The molecule has 1 atom stereocenters. The van der Waals surface area contributed by atoms with E-state index in [1.54, 1.807) is 0 Å². The van der Waals surface area contributed by atoms with Gasteiger partial charge in [0.25, 0.3) is 0 Å². The minimum absolute atomic E-state index is 0. The van der Waals surface area contributed by atoms with Crippen molar-refractivity contribution in [1.29, 1.82) is 0 Å². The highest BCUT2D eigenvalue weighted by atomic mass is 35.5. The summed E-state index contributed by atoms with van der Waals surface area (Å²) in [6.07, 6.45) is 4.14. The summed E-state index contributed by atoms with van der Waals surface area (Å²) in [5.41, 5.74) is 3.65. The number of fused-ring (bicyclic) bond motifs is 4. The number of aromatic nitrogens is 1. The Hall–Kier alpha value is -1.65. The van der Waals surface area contributed by atoms with Crippen molar-refractivity contribution in [2.24, 2.45) is 5.92 Å². The Bertz CT molecular complexity index is 923. The molecule has 27 heavy (non-hydrogen) atoms. The van der Waals surface area contributed by atoms with Gasteiger partial charge in [0.1, 0.15) is 5.60 Å². The number of pyridine rings is 1. The zero-order valence-corrected chi connectivity index (χ0v) is 16.7. The van der Waals surface area contributed by atoms with E-state index in [9.17, 15) is 5.11 Å². The predicted octanol–water partition coefficient (Wildman–Crippen LogP) is 4.66. The molecule has 6 rings (SSSR count). The van der Waals surface area contributed by atoms with E-state index < -0.39 is 5.60 Å². The second-order valence-electron chi connectivity index (χ2n) is 7.47. The summed E-state index contributed by atoms with van der Waals surface area (Å²) >= 11 is 0. The molecule has 3 aliphatic heterocycles. The Morgan fingerprint density at radius 1 is 0.926 bits per heavy atom. The number of nitrogens with zero attached hydrogens (tertiary/aromatic N) is 2. The number of halogens is 2. The van der Waals surface area contributed by atoms with Gasteiger partial charge in [-0.25, -0.2) is 0 Å². The zero-order valence-electron chi connectivity index (χ0n) is 15.0. The van der Waals surface area contributed by atoms with Crippen LogP contribution in [-0.2, 0) is 5.60 Å². The fourth-order valence-electron chi connectivity index (χ4n) is 4.55. The van der Waals surface area contributed by atoms with Gasteiger partial charge < -0.3 is 10.0 Å². The zero-order chi connectivity index (χ0) is 16.9. The predicted molar refractivity (Wildman–Crippen MR) is 115 cm³/mol. The molecule has 3 saturated heterocycles. The summed E-state index contributed by atoms with van der Waals surface area (Å²) in [6, 6.07) is 18.8. The smallest absolute Gasteiger partial charge is 0.105 e. The number of para-hydroxylation sites is 1. The first kappa shape index (κ1) is 20.1. The monoisotopic (exact) mass is 402 g/mol. The number of piperidine rings is 3. The molecule has 0 amide bonds. The molecule has 1 aromatic heterocycles. The summed E-state index contributed by atoms with van der Waals surface area (Å²) in [4.78, 5) is 6.95. The van der Waals surface area contributed by atoms with E-state index in [-0.39, 0.29) is 24.8 Å². The molecule has 0 spiro atoms. The van der Waals surface area contributed by atoms with Crippen LogP contribution in [-0.4, -0.2) is 34.6 Å². The molecule has 0 saturated carbocycles. The summed E-state index contributed by atoms with van der Waals surface area (Å²) in [5, 5.41) is 12.4. The maximum atomic E-state index is 11.3. The molecule has 3 nitrogen and oxygen atoms in total. The highest BCUT2D eigenvalue weighted by Crippen LogP contribution is 2.42. The third-order valence-electron chi connectivity index (χ3n) is 6.04. The van der Waals surface area contributed by atoms with Gasteiger partial charge in [0.05, 0.1) is 5.52 Å². The quantitative estimate of drug-likeness (QED) is 0.676. The molecule has 0 aliphatic carbocycles. The first-order chi connectivity index (χ1) is 12.2. The van der Waals surface area contributed by atoms with Crippen molar-refractivity contribution >= 4 is 35.7 Å². The lowest BCUT2D eigenvalue weighted by atomic mass is 9.71. The standard InChI is InChI=1S/C22H22N2O.2ClH/c25-22(15-24-11-9-20(22)10-12-24)19-7-5-16(6-8-19)18-13-17-3-1-2-4-21(17)23-14-18;;/h1-8,13-14,20,25H,9-12,15H2;2*1H. The van der Waals surface area contributed by atoms with Gasteiger partial charge in [0.2, 0.25) is 0 Å². The number of hydrogen-bond acceptors (Lipinski definition) is 3. The van der Waals surface area contributed by atoms with Crippen LogP contribution in [0.5, 0.6) is 0 Å². The van der Waals surface area contributed by atoms with Gasteiger partial charge in [-0.1, -0.05) is 42.5 Å². The summed E-state index contributed by atoms with van der Waals surface area (Å²) in [7, 11) is 0.